The molecule has 6 heteroatoms. The molecule has 0 spiro atoms. The summed E-state index contributed by atoms with van der Waals surface area (Å²) in [7, 11) is 1.87. The summed E-state index contributed by atoms with van der Waals surface area (Å²) in [6, 6.07) is 16.3. The Hall–Kier alpha value is -3.28. The molecule has 1 amide bonds. The van der Waals surface area contributed by atoms with Gasteiger partial charge >= 0.3 is 0 Å². The van der Waals surface area contributed by atoms with E-state index in [0.29, 0.717) is 12.2 Å². The number of fused-ring (bicyclic) bond motifs is 2. The number of carbonyl (C=O) groups is 1. The van der Waals surface area contributed by atoms with Gasteiger partial charge in [0.25, 0.3) is 5.91 Å². The molecule has 2 heterocycles. The van der Waals surface area contributed by atoms with Crippen molar-refractivity contribution in [3.05, 3.63) is 76.6 Å². The van der Waals surface area contributed by atoms with Crippen molar-refractivity contribution in [3.8, 4) is 11.5 Å². The second-order valence-electron chi connectivity index (χ2n) is 8.02. The minimum absolute atomic E-state index is 0.0233. The molecule has 1 aliphatic heterocycles. The lowest BCUT2D eigenvalue weighted by Crippen LogP contribution is -2.36. The Morgan fingerprint density at radius 2 is 2.00 bits per heavy atom. The fraction of sp³-hybridized carbons (Fsp3) is 0.333. The van der Waals surface area contributed by atoms with E-state index in [1.807, 2.05) is 43.1 Å². The predicted octanol–water partition coefficient (Wildman–Crippen LogP) is 4.18. The average Bonchev–Trinajstić information content (AvgIpc) is 3.37. The third-order valence-electron chi connectivity index (χ3n) is 6.10. The highest BCUT2D eigenvalue weighted by Crippen LogP contribution is 2.37. The average molecular weight is 403 g/mol. The van der Waals surface area contributed by atoms with Gasteiger partial charge in [0.05, 0.1) is 6.04 Å². The Kier molecular flexibility index (Phi) is 4.69. The molecule has 1 aliphatic carbocycles. The number of benzene rings is 2. The lowest BCUT2D eigenvalue weighted by molar-refractivity contribution is 0.0631. The quantitative estimate of drug-likeness (QED) is 0.656. The maximum atomic E-state index is 13.7. The maximum Gasteiger partial charge on any atom is 0.275 e. The fourth-order valence-corrected chi connectivity index (χ4v) is 4.42. The first-order valence-corrected chi connectivity index (χ1v) is 10.4. The number of rotatable bonds is 4. The zero-order chi connectivity index (χ0) is 20.7. The van der Waals surface area contributed by atoms with Crippen LogP contribution in [0.4, 0.5) is 0 Å². The number of aryl methyl sites for hydroxylation is 3. The van der Waals surface area contributed by atoms with Crippen LogP contribution < -0.4 is 9.47 Å². The van der Waals surface area contributed by atoms with Crippen LogP contribution in [0.15, 0.2) is 48.5 Å². The predicted molar refractivity (Wildman–Crippen MR) is 113 cm³/mol. The number of hydrogen-bond acceptors (Lipinski definition) is 4. The molecule has 0 N–H and O–H groups in total. The van der Waals surface area contributed by atoms with E-state index in [-0.39, 0.29) is 18.7 Å². The van der Waals surface area contributed by atoms with Crippen molar-refractivity contribution in [2.24, 2.45) is 7.05 Å². The molecule has 154 valence electrons. The monoisotopic (exact) mass is 403 g/mol. The molecule has 3 aromatic rings. The highest BCUT2D eigenvalue weighted by molar-refractivity contribution is 5.92. The zero-order valence-corrected chi connectivity index (χ0v) is 17.3. The van der Waals surface area contributed by atoms with Gasteiger partial charge in [0.1, 0.15) is 0 Å². The largest absolute Gasteiger partial charge is 0.454 e. The number of ether oxygens (including phenoxy) is 2. The third kappa shape index (κ3) is 3.32. The number of hydrogen-bond donors (Lipinski definition) is 0. The minimum atomic E-state index is -0.0435. The highest BCUT2D eigenvalue weighted by Gasteiger charge is 2.31. The first-order valence-electron chi connectivity index (χ1n) is 10.4. The van der Waals surface area contributed by atoms with Gasteiger partial charge in [0, 0.05) is 19.3 Å². The summed E-state index contributed by atoms with van der Waals surface area (Å²) >= 11 is 0. The van der Waals surface area contributed by atoms with Gasteiger partial charge in [-0.1, -0.05) is 30.3 Å². The zero-order valence-electron chi connectivity index (χ0n) is 17.3. The molecule has 0 unspecified atom stereocenters. The Morgan fingerprint density at radius 3 is 2.83 bits per heavy atom. The Balaban J connectivity index is 1.53. The van der Waals surface area contributed by atoms with E-state index in [9.17, 15) is 4.79 Å². The summed E-state index contributed by atoms with van der Waals surface area (Å²) in [5.74, 6) is 1.44. The van der Waals surface area contributed by atoms with E-state index in [2.05, 4.69) is 29.4 Å². The summed E-state index contributed by atoms with van der Waals surface area (Å²) < 4.78 is 12.7. The fourth-order valence-electron chi connectivity index (χ4n) is 4.42. The van der Waals surface area contributed by atoms with E-state index in [1.54, 1.807) is 4.68 Å². The van der Waals surface area contributed by atoms with Crippen LogP contribution in [0.25, 0.3) is 0 Å². The molecule has 0 saturated heterocycles. The number of amides is 1. The van der Waals surface area contributed by atoms with Crippen molar-refractivity contribution >= 4 is 5.91 Å². The molecule has 1 aromatic heterocycles. The molecule has 0 radical (unpaired) electrons. The lowest BCUT2D eigenvalue weighted by Gasteiger charge is -2.36. The molecule has 2 aromatic carbocycles. The summed E-state index contributed by atoms with van der Waals surface area (Å²) in [5.41, 5.74) is 5.03. The van der Waals surface area contributed by atoms with Gasteiger partial charge in [-0.15, -0.1) is 0 Å². The lowest BCUT2D eigenvalue weighted by atomic mass is 9.86. The van der Waals surface area contributed by atoms with Crippen LogP contribution in [-0.2, 0) is 20.0 Å². The molecule has 0 bridgehead atoms. The highest BCUT2D eigenvalue weighted by atomic mass is 16.7. The van der Waals surface area contributed by atoms with Gasteiger partial charge in [-0.05, 0) is 61.1 Å². The van der Waals surface area contributed by atoms with Gasteiger partial charge in [-0.25, -0.2) is 0 Å². The Bertz CT molecular complexity index is 1090. The summed E-state index contributed by atoms with van der Waals surface area (Å²) in [5, 5.41) is 4.46. The van der Waals surface area contributed by atoms with E-state index < -0.39 is 0 Å². The van der Waals surface area contributed by atoms with E-state index in [1.165, 1.54) is 11.1 Å². The first-order chi connectivity index (χ1) is 14.6. The van der Waals surface area contributed by atoms with Crippen LogP contribution in [0.5, 0.6) is 11.5 Å². The van der Waals surface area contributed by atoms with E-state index in [0.717, 1.165) is 42.0 Å². The number of aromatic nitrogens is 2. The topological polar surface area (TPSA) is 56.6 Å². The van der Waals surface area contributed by atoms with Crippen LogP contribution in [0.1, 0.15) is 51.8 Å². The SMILES string of the molecule is Cc1cc(C(=O)N(Cc2ccc3c(c2)OCO3)[C@H]2CCCc3ccccc32)nn1C. The van der Waals surface area contributed by atoms with Crippen molar-refractivity contribution in [3.63, 3.8) is 0 Å². The molecule has 0 saturated carbocycles. The van der Waals surface area contributed by atoms with Crippen molar-refractivity contribution in [1.82, 2.24) is 14.7 Å². The van der Waals surface area contributed by atoms with Crippen molar-refractivity contribution in [2.45, 2.75) is 38.8 Å². The van der Waals surface area contributed by atoms with Crippen molar-refractivity contribution < 1.29 is 14.3 Å². The molecule has 2 aliphatic rings. The van der Waals surface area contributed by atoms with Gasteiger partial charge in [-0.3, -0.25) is 9.48 Å². The summed E-state index contributed by atoms with van der Waals surface area (Å²) in [4.78, 5) is 15.6. The number of carbonyl (C=O) groups excluding carboxylic acids is 1. The molecular weight excluding hydrogens is 378 g/mol. The Morgan fingerprint density at radius 1 is 1.17 bits per heavy atom. The summed E-state index contributed by atoms with van der Waals surface area (Å²) in [6.45, 7) is 2.69. The van der Waals surface area contributed by atoms with Crippen LogP contribution >= 0.6 is 0 Å². The minimum Gasteiger partial charge on any atom is -0.454 e. The molecule has 5 rings (SSSR count). The van der Waals surface area contributed by atoms with Crippen LogP contribution in [0.2, 0.25) is 0 Å². The second kappa shape index (κ2) is 7.52. The standard InChI is InChI=1S/C24H25N3O3/c1-16-12-20(25-26(16)2)24(28)27(14-17-10-11-22-23(13-17)30-15-29-22)21-9-5-7-18-6-3-4-8-19(18)21/h3-4,6,8,10-13,21H,5,7,9,14-15H2,1-2H3/t21-/m0/s1. The summed E-state index contributed by atoms with van der Waals surface area (Å²) in [6.07, 6.45) is 3.06. The molecular formula is C24H25N3O3. The van der Waals surface area contributed by atoms with Gasteiger partial charge < -0.3 is 14.4 Å². The molecule has 30 heavy (non-hydrogen) atoms. The third-order valence-corrected chi connectivity index (χ3v) is 6.10. The van der Waals surface area contributed by atoms with Gasteiger partial charge in [-0.2, -0.15) is 5.10 Å². The number of nitrogens with zero attached hydrogens (tertiary/aromatic N) is 3. The molecule has 0 fully saturated rings. The van der Waals surface area contributed by atoms with Gasteiger partial charge in [0.2, 0.25) is 6.79 Å². The first kappa shape index (κ1) is 18.7. The van der Waals surface area contributed by atoms with Crippen LogP contribution in [-0.4, -0.2) is 27.4 Å². The van der Waals surface area contributed by atoms with Gasteiger partial charge in [0.15, 0.2) is 17.2 Å². The molecule has 1 atom stereocenters. The van der Waals surface area contributed by atoms with Crippen LogP contribution in [0, 0.1) is 6.92 Å². The normalized spacial score (nSPS) is 16.9. The smallest absolute Gasteiger partial charge is 0.275 e. The second-order valence-corrected chi connectivity index (χ2v) is 8.02. The molecule has 6 nitrogen and oxygen atoms in total. The Labute approximate surface area is 176 Å². The van der Waals surface area contributed by atoms with Crippen LogP contribution in [0.3, 0.4) is 0 Å². The van der Waals surface area contributed by atoms with Crippen molar-refractivity contribution in [2.75, 3.05) is 6.79 Å². The van der Waals surface area contributed by atoms with Crippen molar-refractivity contribution in [1.29, 1.82) is 0 Å². The maximum absolute atomic E-state index is 13.7. The van der Waals surface area contributed by atoms with E-state index in [4.69, 9.17) is 9.47 Å². The van der Waals surface area contributed by atoms with E-state index >= 15 is 0 Å².